The molecule has 2 rings (SSSR count). The second-order valence-corrected chi connectivity index (χ2v) is 4.89. The average molecular weight is 242 g/mol. The first-order valence-corrected chi connectivity index (χ1v) is 5.78. The van der Waals surface area contributed by atoms with Crippen LogP contribution in [-0.2, 0) is 0 Å². The van der Waals surface area contributed by atoms with Gasteiger partial charge in [-0.05, 0) is 43.4 Å². The molecule has 0 N–H and O–H groups in total. The van der Waals surface area contributed by atoms with Gasteiger partial charge in [-0.15, -0.1) is 11.3 Å². The highest BCUT2D eigenvalue weighted by atomic mass is 35.5. The summed E-state index contributed by atoms with van der Waals surface area (Å²) in [6.07, 6.45) is 0. The Labute approximate surface area is 96.6 Å². The normalized spacial score (nSPS) is 10.4. The maximum Gasteiger partial charge on any atom is 0.165 e. The van der Waals surface area contributed by atoms with E-state index in [-0.39, 0.29) is 0 Å². The van der Waals surface area contributed by atoms with Gasteiger partial charge in [0.05, 0.1) is 0 Å². The van der Waals surface area contributed by atoms with Crippen LogP contribution >= 0.6 is 35.2 Å². The predicted octanol–water partition coefficient (Wildman–Crippen LogP) is 4.23. The molecule has 1 nitrogen and oxygen atoms in total. The summed E-state index contributed by atoms with van der Waals surface area (Å²) in [4.78, 5) is 0. The second kappa shape index (κ2) is 3.85. The van der Waals surface area contributed by atoms with Crippen molar-refractivity contribution < 1.29 is 0 Å². The van der Waals surface area contributed by atoms with Crippen molar-refractivity contribution in [1.82, 2.24) is 4.57 Å². The van der Waals surface area contributed by atoms with Gasteiger partial charge < -0.3 is 0 Å². The first kappa shape index (κ1) is 9.90. The Hall–Kier alpha value is -0.640. The van der Waals surface area contributed by atoms with Crippen LogP contribution in [0.1, 0.15) is 5.69 Å². The van der Waals surface area contributed by atoms with Gasteiger partial charge in [-0.2, -0.15) is 0 Å². The number of hydrogen-bond donors (Lipinski definition) is 0. The molecule has 1 heterocycles. The van der Waals surface area contributed by atoms with Crippen LogP contribution in [0, 0.1) is 10.9 Å². The molecule has 0 unspecified atom stereocenters. The van der Waals surface area contributed by atoms with E-state index in [1.54, 1.807) is 11.3 Å². The first-order chi connectivity index (χ1) is 6.68. The van der Waals surface area contributed by atoms with Gasteiger partial charge in [0.25, 0.3) is 0 Å². The molecule has 4 heteroatoms. The quantitative estimate of drug-likeness (QED) is 0.677. The van der Waals surface area contributed by atoms with Crippen molar-refractivity contribution in [3.05, 3.63) is 44.3 Å². The molecule has 72 valence electrons. The van der Waals surface area contributed by atoms with Gasteiger partial charge in [0.15, 0.2) is 3.95 Å². The lowest BCUT2D eigenvalue weighted by Crippen LogP contribution is -1.94. The minimum absolute atomic E-state index is 0.744. The molecule has 0 amide bonds. The van der Waals surface area contributed by atoms with Crippen molar-refractivity contribution in [3.63, 3.8) is 0 Å². The molecule has 0 bridgehead atoms. The van der Waals surface area contributed by atoms with Crippen LogP contribution in [-0.4, -0.2) is 4.57 Å². The molecule has 0 saturated carbocycles. The van der Waals surface area contributed by atoms with Crippen LogP contribution in [0.4, 0.5) is 0 Å². The molecule has 2 aromatic rings. The van der Waals surface area contributed by atoms with Crippen molar-refractivity contribution in [3.8, 4) is 5.69 Å². The van der Waals surface area contributed by atoms with Crippen molar-refractivity contribution in [2.75, 3.05) is 0 Å². The standard InChI is InChI=1S/C10H8ClNS2/c1-7-6-14-10(13)12(7)9-4-2-8(11)3-5-9/h2-6H,1H3. The SMILES string of the molecule is Cc1csc(=S)n1-c1ccc(Cl)cc1. The molecular weight excluding hydrogens is 234 g/mol. The molecule has 0 aliphatic carbocycles. The number of halogens is 1. The smallest absolute Gasteiger partial charge is 0.165 e. The van der Waals surface area contributed by atoms with E-state index < -0.39 is 0 Å². The summed E-state index contributed by atoms with van der Waals surface area (Å²) in [6.45, 7) is 2.04. The summed E-state index contributed by atoms with van der Waals surface area (Å²) in [6, 6.07) is 7.68. The van der Waals surface area contributed by atoms with Crippen molar-refractivity contribution in [1.29, 1.82) is 0 Å². The number of aromatic nitrogens is 1. The van der Waals surface area contributed by atoms with E-state index in [1.165, 1.54) is 0 Å². The van der Waals surface area contributed by atoms with Crippen LogP contribution in [0.25, 0.3) is 5.69 Å². The van der Waals surface area contributed by atoms with E-state index in [0.717, 1.165) is 20.4 Å². The topological polar surface area (TPSA) is 4.93 Å². The van der Waals surface area contributed by atoms with Gasteiger partial charge in [0.1, 0.15) is 0 Å². The van der Waals surface area contributed by atoms with Crippen LogP contribution in [0.3, 0.4) is 0 Å². The third-order valence-electron chi connectivity index (χ3n) is 1.95. The van der Waals surface area contributed by atoms with Gasteiger partial charge in [-0.25, -0.2) is 0 Å². The lowest BCUT2D eigenvalue weighted by molar-refractivity contribution is 1.01. The molecule has 0 fully saturated rings. The fourth-order valence-corrected chi connectivity index (χ4v) is 2.54. The number of thiazole rings is 1. The Kier molecular flexibility index (Phi) is 2.72. The first-order valence-electron chi connectivity index (χ1n) is 4.11. The molecule has 1 aromatic heterocycles. The van der Waals surface area contributed by atoms with Crippen LogP contribution in [0.5, 0.6) is 0 Å². The van der Waals surface area contributed by atoms with E-state index in [2.05, 4.69) is 5.38 Å². The van der Waals surface area contributed by atoms with E-state index in [4.69, 9.17) is 23.8 Å². The number of aryl methyl sites for hydroxylation is 1. The fourth-order valence-electron chi connectivity index (χ4n) is 1.28. The van der Waals surface area contributed by atoms with Crippen molar-refractivity contribution in [2.45, 2.75) is 6.92 Å². The molecule has 0 radical (unpaired) electrons. The number of nitrogens with zero attached hydrogens (tertiary/aromatic N) is 1. The minimum atomic E-state index is 0.744. The maximum atomic E-state index is 5.82. The second-order valence-electron chi connectivity index (χ2n) is 2.95. The zero-order valence-corrected chi connectivity index (χ0v) is 9.92. The van der Waals surface area contributed by atoms with Gasteiger partial charge in [0.2, 0.25) is 0 Å². The predicted molar refractivity (Wildman–Crippen MR) is 64.2 cm³/mol. The number of hydrogen-bond acceptors (Lipinski definition) is 2. The summed E-state index contributed by atoms with van der Waals surface area (Å²) in [5.74, 6) is 0. The van der Waals surface area contributed by atoms with Gasteiger partial charge in [-0.1, -0.05) is 11.6 Å². The molecule has 0 atom stereocenters. The Balaban J connectivity index is 2.60. The summed E-state index contributed by atoms with van der Waals surface area (Å²) in [5.41, 5.74) is 2.22. The molecule has 14 heavy (non-hydrogen) atoms. The maximum absolute atomic E-state index is 5.82. The van der Waals surface area contributed by atoms with E-state index in [0.29, 0.717) is 0 Å². The zero-order chi connectivity index (χ0) is 10.1. The largest absolute Gasteiger partial charge is 0.296 e. The lowest BCUT2D eigenvalue weighted by Gasteiger charge is -2.04. The Bertz CT molecular complexity index is 496. The Morgan fingerprint density at radius 1 is 1.29 bits per heavy atom. The van der Waals surface area contributed by atoms with Crippen molar-refractivity contribution >= 4 is 35.2 Å². The molecule has 0 aliphatic heterocycles. The molecule has 0 aliphatic rings. The molecule has 0 spiro atoms. The van der Waals surface area contributed by atoms with Crippen LogP contribution in [0.15, 0.2) is 29.6 Å². The van der Waals surface area contributed by atoms with E-state index in [1.807, 2.05) is 35.8 Å². The number of rotatable bonds is 1. The number of benzene rings is 1. The minimum Gasteiger partial charge on any atom is -0.296 e. The van der Waals surface area contributed by atoms with Crippen LogP contribution < -0.4 is 0 Å². The van der Waals surface area contributed by atoms with Crippen molar-refractivity contribution in [2.24, 2.45) is 0 Å². The highest BCUT2D eigenvalue weighted by molar-refractivity contribution is 7.73. The Morgan fingerprint density at radius 2 is 1.93 bits per heavy atom. The lowest BCUT2D eigenvalue weighted by atomic mass is 10.3. The Morgan fingerprint density at radius 3 is 2.43 bits per heavy atom. The molecule has 1 aromatic carbocycles. The third kappa shape index (κ3) is 1.75. The molecular formula is C10H8ClNS2. The highest BCUT2D eigenvalue weighted by Gasteiger charge is 2.01. The fraction of sp³-hybridized carbons (Fsp3) is 0.100. The third-order valence-corrected chi connectivity index (χ3v) is 3.52. The summed E-state index contributed by atoms with van der Waals surface area (Å²) in [7, 11) is 0. The summed E-state index contributed by atoms with van der Waals surface area (Å²) in [5, 5.41) is 2.80. The molecule has 0 saturated heterocycles. The van der Waals surface area contributed by atoms with Gasteiger partial charge in [0, 0.05) is 21.8 Å². The zero-order valence-electron chi connectivity index (χ0n) is 7.53. The monoisotopic (exact) mass is 241 g/mol. The summed E-state index contributed by atoms with van der Waals surface area (Å²) < 4.78 is 2.90. The van der Waals surface area contributed by atoms with Gasteiger partial charge in [-0.3, -0.25) is 4.57 Å². The van der Waals surface area contributed by atoms with E-state index >= 15 is 0 Å². The van der Waals surface area contributed by atoms with Crippen LogP contribution in [0.2, 0.25) is 5.02 Å². The summed E-state index contributed by atoms with van der Waals surface area (Å²) >= 11 is 12.6. The average Bonchev–Trinajstić information content (AvgIpc) is 2.49. The highest BCUT2D eigenvalue weighted by Crippen LogP contribution is 2.19. The van der Waals surface area contributed by atoms with Gasteiger partial charge >= 0.3 is 0 Å². The van der Waals surface area contributed by atoms with E-state index in [9.17, 15) is 0 Å².